The largest absolute Gasteiger partial charge is 0.393 e. The highest BCUT2D eigenvalue weighted by molar-refractivity contribution is 5.50. The molecule has 0 unspecified atom stereocenters. The van der Waals surface area contributed by atoms with Crippen molar-refractivity contribution < 1.29 is 5.11 Å². The Morgan fingerprint density at radius 1 is 1.43 bits per heavy atom. The second-order valence-electron chi connectivity index (χ2n) is 3.59. The first kappa shape index (κ1) is 11.0. The molecule has 1 aromatic rings. The molecule has 0 amide bonds. The molecule has 1 aromatic carbocycles. The molecule has 1 heteroatoms. The van der Waals surface area contributed by atoms with Crippen LogP contribution in [0.25, 0.3) is 6.08 Å². The third kappa shape index (κ3) is 3.75. The summed E-state index contributed by atoms with van der Waals surface area (Å²) in [6.07, 6.45) is 5.61. The van der Waals surface area contributed by atoms with Crippen LogP contribution in [0.5, 0.6) is 0 Å². The van der Waals surface area contributed by atoms with E-state index < -0.39 is 0 Å². The van der Waals surface area contributed by atoms with Gasteiger partial charge in [-0.2, -0.15) is 0 Å². The van der Waals surface area contributed by atoms with Gasteiger partial charge in [0.1, 0.15) is 0 Å². The summed E-state index contributed by atoms with van der Waals surface area (Å²) in [7, 11) is 0. The Kier molecular flexibility index (Phi) is 4.41. The van der Waals surface area contributed by atoms with Crippen molar-refractivity contribution in [2.75, 3.05) is 0 Å². The predicted molar refractivity (Wildman–Crippen MR) is 61.2 cm³/mol. The molecule has 0 aliphatic carbocycles. The molecule has 0 aliphatic heterocycles. The number of hydrogen-bond acceptors (Lipinski definition) is 1. The molecule has 0 aliphatic rings. The second-order valence-corrected chi connectivity index (χ2v) is 3.59. The quantitative estimate of drug-likeness (QED) is 0.773. The van der Waals surface area contributed by atoms with Crippen molar-refractivity contribution in [3.63, 3.8) is 0 Å². The highest BCUT2D eigenvalue weighted by Crippen LogP contribution is 2.08. The van der Waals surface area contributed by atoms with E-state index in [4.69, 9.17) is 5.11 Å². The summed E-state index contributed by atoms with van der Waals surface area (Å²) in [4.78, 5) is 0. The fourth-order valence-electron chi connectivity index (χ4n) is 1.32. The molecular formula is C13H18O. The molecule has 1 atom stereocenters. The van der Waals surface area contributed by atoms with Gasteiger partial charge in [0.15, 0.2) is 0 Å². The number of hydrogen-bond donors (Lipinski definition) is 1. The molecule has 1 rings (SSSR count). The van der Waals surface area contributed by atoms with E-state index in [0.717, 1.165) is 12.8 Å². The molecule has 1 N–H and O–H groups in total. The monoisotopic (exact) mass is 190 g/mol. The Balaban J connectivity index is 2.62. The van der Waals surface area contributed by atoms with Gasteiger partial charge in [0.25, 0.3) is 0 Å². The van der Waals surface area contributed by atoms with Crippen LogP contribution >= 0.6 is 0 Å². The van der Waals surface area contributed by atoms with Gasteiger partial charge < -0.3 is 5.11 Å². The SMILES string of the molecule is CCc1cccc(/C=C/C[C@H](C)O)c1. The standard InChI is InChI=1S/C13H18O/c1-3-12-7-5-9-13(10-12)8-4-6-11(2)14/h4-5,7-11,14H,3,6H2,1-2H3/b8-4+/t11-/m0/s1. The van der Waals surface area contributed by atoms with Gasteiger partial charge in [-0.15, -0.1) is 0 Å². The van der Waals surface area contributed by atoms with E-state index >= 15 is 0 Å². The first-order chi connectivity index (χ1) is 6.72. The molecule has 0 saturated heterocycles. The summed E-state index contributed by atoms with van der Waals surface area (Å²) < 4.78 is 0. The highest BCUT2D eigenvalue weighted by atomic mass is 16.3. The van der Waals surface area contributed by atoms with Crippen LogP contribution in [0.3, 0.4) is 0 Å². The van der Waals surface area contributed by atoms with Crippen molar-refractivity contribution in [3.05, 3.63) is 41.5 Å². The Morgan fingerprint density at radius 2 is 2.21 bits per heavy atom. The van der Waals surface area contributed by atoms with Crippen molar-refractivity contribution in [1.29, 1.82) is 0 Å². The number of aliphatic hydroxyl groups is 1. The molecular weight excluding hydrogens is 172 g/mol. The maximum atomic E-state index is 9.08. The zero-order chi connectivity index (χ0) is 10.4. The maximum absolute atomic E-state index is 9.08. The van der Waals surface area contributed by atoms with Gasteiger partial charge in [0, 0.05) is 0 Å². The lowest BCUT2D eigenvalue weighted by molar-refractivity contribution is 0.199. The van der Waals surface area contributed by atoms with Gasteiger partial charge in [-0.05, 0) is 30.9 Å². The Hall–Kier alpha value is -1.08. The molecule has 0 radical (unpaired) electrons. The van der Waals surface area contributed by atoms with Crippen LogP contribution in [-0.2, 0) is 6.42 Å². The Labute approximate surface area is 86.1 Å². The van der Waals surface area contributed by atoms with Gasteiger partial charge in [-0.25, -0.2) is 0 Å². The highest BCUT2D eigenvalue weighted by Gasteiger charge is 1.91. The summed E-state index contributed by atoms with van der Waals surface area (Å²) in [6, 6.07) is 8.46. The first-order valence-corrected chi connectivity index (χ1v) is 5.16. The smallest absolute Gasteiger partial charge is 0.0546 e. The number of aliphatic hydroxyl groups excluding tert-OH is 1. The summed E-state index contributed by atoms with van der Waals surface area (Å²) in [5, 5.41) is 9.08. The topological polar surface area (TPSA) is 20.2 Å². The molecule has 1 nitrogen and oxygen atoms in total. The minimum atomic E-state index is -0.249. The zero-order valence-corrected chi connectivity index (χ0v) is 8.90. The molecule has 0 spiro atoms. The Morgan fingerprint density at radius 3 is 2.86 bits per heavy atom. The first-order valence-electron chi connectivity index (χ1n) is 5.16. The van der Waals surface area contributed by atoms with E-state index in [1.165, 1.54) is 11.1 Å². The Bertz CT molecular complexity index is 300. The molecule has 0 heterocycles. The lowest BCUT2D eigenvalue weighted by Gasteiger charge is -1.99. The second kappa shape index (κ2) is 5.61. The average molecular weight is 190 g/mol. The van der Waals surface area contributed by atoms with Crippen molar-refractivity contribution in [3.8, 4) is 0 Å². The predicted octanol–water partition coefficient (Wildman–Crippen LogP) is 3.03. The molecule has 0 fully saturated rings. The number of aryl methyl sites for hydroxylation is 1. The van der Waals surface area contributed by atoms with E-state index in [-0.39, 0.29) is 6.10 Å². The third-order valence-electron chi connectivity index (χ3n) is 2.15. The van der Waals surface area contributed by atoms with Gasteiger partial charge in [-0.1, -0.05) is 43.3 Å². The van der Waals surface area contributed by atoms with Crippen LogP contribution in [-0.4, -0.2) is 11.2 Å². The van der Waals surface area contributed by atoms with E-state index in [9.17, 15) is 0 Å². The molecule has 14 heavy (non-hydrogen) atoms. The lowest BCUT2D eigenvalue weighted by Crippen LogP contribution is -1.95. The minimum Gasteiger partial charge on any atom is -0.393 e. The molecule has 0 saturated carbocycles. The lowest BCUT2D eigenvalue weighted by atomic mass is 10.1. The molecule has 76 valence electrons. The van der Waals surface area contributed by atoms with E-state index in [1.54, 1.807) is 6.92 Å². The van der Waals surface area contributed by atoms with Crippen LogP contribution in [0.2, 0.25) is 0 Å². The zero-order valence-electron chi connectivity index (χ0n) is 8.90. The summed E-state index contributed by atoms with van der Waals surface area (Å²) in [5.74, 6) is 0. The van der Waals surface area contributed by atoms with Crippen molar-refractivity contribution in [2.45, 2.75) is 32.8 Å². The molecule has 0 bridgehead atoms. The summed E-state index contributed by atoms with van der Waals surface area (Å²) >= 11 is 0. The van der Waals surface area contributed by atoms with Crippen LogP contribution in [0.1, 0.15) is 31.4 Å². The fourth-order valence-corrected chi connectivity index (χ4v) is 1.32. The van der Waals surface area contributed by atoms with Gasteiger partial charge in [-0.3, -0.25) is 0 Å². The van der Waals surface area contributed by atoms with Crippen LogP contribution in [0.4, 0.5) is 0 Å². The van der Waals surface area contributed by atoms with Crippen molar-refractivity contribution in [1.82, 2.24) is 0 Å². The van der Waals surface area contributed by atoms with Crippen molar-refractivity contribution >= 4 is 6.08 Å². The number of benzene rings is 1. The summed E-state index contributed by atoms with van der Waals surface area (Å²) in [6.45, 7) is 3.95. The summed E-state index contributed by atoms with van der Waals surface area (Å²) in [5.41, 5.74) is 2.56. The van der Waals surface area contributed by atoms with Crippen LogP contribution in [0.15, 0.2) is 30.3 Å². The third-order valence-corrected chi connectivity index (χ3v) is 2.15. The van der Waals surface area contributed by atoms with Gasteiger partial charge in [0.05, 0.1) is 6.10 Å². The van der Waals surface area contributed by atoms with E-state index in [0.29, 0.717) is 0 Å². The van der Waals surface area contributed by atoms with Crippen LogP contribution in [0, 0.1) is 0 Å². The average Bonchev–Trinajstić information content (AvgIpc) is 2.18. The fraction of sp³-hybridized carbons (Fsp3) is 0.385. The van der Waals surface area contributed by atoms with Gasteiger partial charge in [0.2, 0.25) is 0 Å². The number of rotatable bonds is 4. The minimum absolute atomic E-state index is 0.249. The van der Waals surface area contributed by atoms with Crippen molar-refractivity contribution in [2.24, 2.45) is 0 Å². The van der Waals surface area contributed by atoms with Crippen LogP contribution < -0.4 is 0 Å². The van der Waals surface area contributed by atoms with E-state index in [1.807, 2.05) is 6.08 Å². The van der Waals surface area contributed by atoms with E-state index in [2.05, 4.69) is 37.3 Å². The molecule has 0 aromatic heterocycles. The van der Waals surface area contributed by atoms with Gasteiger partial charge >= 0.3 is 0 Å². The normalized spacial score (nSPS) is 13.4. The maximum Gasteiger partial charge on any atom is 0.0546 e.